The minimum absolute atomic E-state index is 0.262. The molecule has 5 heteroatoms. The number of aromatic nitrogens is 2. The smallest absolute Gasteiger partial charge is 0.356 e. The van der Waals surface area contributed by atoms with E-state index in [0.717, 1.165) is 0 Å². The Morgan fingerprint density at radius 3 is 3.00 bits per heavy atom. The summed E-state index contributed by atoms with van der Waals surface area (Å²) in [4.78, 5) is 11.1. The third kappa shape index (κ3) is 2.29. The first-order valence-corrected chi connectivity index (χ1v) is 4.05. The second-order valence-corrected chi connectivity index (χ2v) is 2.60. The Hall–Kier alpha value is -1.36. The van der Waals surface area contributed by atoms with Gasteiger partial charge < -0.3 is 9.84 Å². The molecule has 1 aromatic heterocycles. The Morgan fingerprint density at radius 2 is 2.54 bits per heavy atom. The molecule has 0 aliphatic heterocycles. The lowest BCUT2D eigenvalue weighted by molar-refractivity contribution is 0.0519. The second kappa shape index (κ2) is 4.04. The van der Waals surface area contributed by atoms with Crippen LogP contribution in [0.15, 0.2) is 6.07 Å². The van der Waals surface area contributed by atoms with Gasteiger partial charge in [0, 0.05) is 0 Å². The van der Waals surface area contributed by atoms with E-state index in [2.05, 4.69) is 10.2 Å². The summed E-state index contributed by atoms with van der Waals surface area (Å²) in [6.07, 6.45) is -0.681. The minimum Gasteiger partial charge on any atom is -0.461 e. The van der Waals surface area contributed by atoms with Gasteiger partial charge in [-0.2, -0.15) is 5.10 Å². The lowest BCUT2D eigenvalue weighted by Gasteiger charge is -1.96. The van der Waals surface area contributed by atoms with Crippen molar-refractivity contribution in [2.24, 2.45) is 0 Å². The molecular weight excluding hydrogens is 172 g/mol. The van der Waals surface area contributed by atoms with E-state index >= 15 is 0 Å². The molecule has 0 aliphatic carbocycles. The van der Waals surface area contributed by atoms with Crippen molar-refractivity contribution in [1.82, 2.24) is 10.2 Å². The Labute approximate surface area is 75.7 Å². The molecule has 1 heterocycles. The summed E-state index contributed by atoms with van der Waals surface area (Å²) in [6, 6.07) is 1.47. The number of aliphatic hydroxyl groups excluding tert-OH is 1. The van der Waals surface area contributed by atoms with Crippen LogP contribution in [0.25, 0.3) is 0 Å². The molecule has 0 radical (unpaired) electrons. The highest BCUT2D eigenvalue weighted by Crippen LogP contribution is 2.09. The van der Waals surface area contributed by atoms with E-state index in [9.17, 15) is 4.79 Å². The standard InChI is InChI=1S/C8H12N2O3/c1-3-13-8(12)7-4-6(5(2)11)9-10-7/h4-5,11H,3H2,1-2H3,(H,9,10). The average molecular weight is 184 g/mol. The van der Waals surface area contributed by atoms with E-state index in [0.29, 0.717) is 12.3 Å². The van der Waals surface area contributed by atoms with E-state index in [4.69, 9.17) is 9.84 Å². The number of aliphatic hydroxyl groups is 1. The van der Waals surface area contributed by atoms with Crippen molar-refractivity contribution in [1.29, 1.82) is 0 Å². The summed E-state index contributed by atoms with van der Waals surface area (Å²) in [5.74, 6) is -0.457. The van der Waals surface area contributed by atoms with E-state index < -0.39 is 12.1 Å². The van der Waals surface area contributed by atoms with Crippen LogP contribution in [-0.4, -0.2) is 27.9 Å². The molecule has 72 valence electrons. The Balaban J connectivity index is 2.73. The van der Waals surface area contributed by atoms with Crippen molar-refractivity contribution in [3.8, 4) is 0 Å². The van der Waals surface area contributed by atoms with Gasteiger partial charge in [-0.1, -0.05) is 0 Å². The third-order valence-corrected chi connectivity index (χ3v) is 1.52. The number of carbonyl (C=O) groups is 1. The van der Waals surface area contributed by atoms with Crippen molar-refractivity contribution in [2.75, 3.05) is 6.61 Å². The molecule has 0 aromatic carbocycles. The molecule has 1 unspecified atom stereocenters. The fraction of sp³-hybridized carbons (Fsp3) is 0.500. The monoisotopic (exact) mass is 184 g/mol. The number of ether oxygens (including phenoxy) is 1. The third-order valence-electron chi connectivity index (χ3n) is 1.52. The summed E-state index contributed by atoms with van der Waals surface area (Å²) in [6.45, 7) is 3.62. The van der Waals surface area contributed by atoms with Crippen LogP contribution in [0.3, 0.4) is 0 Å². The first kappa shape index (κ1) is 9.73. The van der Waals surface area contributed by atoms with Crippen molar-refractivity contribution in [3.63, 3.8) is 0 Å². The zero-order chi connectivity index (χ0) is 9.84. The summed E-state index contributed by atoms with van der Waals surface area (Å²) in [5.41, 5.74) is 0.695. The van der Waals surface area contributed by atoms with Crippen molar-refractivity contribution < 1.29 is 14.6 Å². The van der Waals surface area contributed by atoms with Crippen molar-refractivity contribution >= 4 is 5.97 Å². The molecule has 0 amide bonds. The van der Waals surface area contributed by atoms with Gasteiger partial charge in [-0.05, 0) is 19.9 Å². The fourth-order valence-corrected chi connectivity index (χ4v) is 0.865. The largest absolute Gasteiger partial charge is 0.461 e. The van der Waals surface area contributed by atoms with Gasteiger partial charge in [0.05, 0.1) is 18.4 Å². The highest BCUT2D eigenvalue weighted by atomic mass is 16.5. The van der Waals surface area contributed by atoms with Crippen LogP contribution in [0.2, 0.25) is 0 Å². The predicted octanol–water partition coefficient (Wildman–Crippen LogP) is 0.640. The van der Waals surface area contributed by atoms with Gasteiger partial charge >= 0.3 is 5.97 Å². The number of nitrogens with zero attached hydrogens (tertiary/aromatic N) is 1. The molecule has 0 saturated heterocycles. The maximum absolute atomic E-state index is 11.1. The van der Waals surface area contributed by atoms with Crippen LogP contribution in [0.5, 0.6) is 0 Å². The summed E-state index contributed by atoms with van der Waals surface area (Å²) >= 11 is 0. The van der Waals surface area contributed by atoms with Crippen molar-refractivity contribution in [3.05, 3.63) is 17.5 Å². The zero-order valence-corrected chi connectivity index (χ0v) is 7.57. The molecular formula is C8H12N2O3. The molecule has 1 rings (SSSR count). The fourth-order valence-electron chi connectivity index (χ4n) is 0.865. The Morgan fingerprint density at radius 1 is 1.85 bits per heavy atom. The zero-order valence-electron chi connectivity index (χ0n) is 7.57. The first-order valence-electron chi connectivity index (χ1n) is 4.05. The maximum Gasteiger partial charge on any atom is 0.356 e. The lowest BCUT2D eigenvalue weighted by atomic mass is 10.2. The van der Waals surface area contributed by atoms with Gasteiger partial charge in [0.1, 0.15) is 5.69 Å². The maximum atomic E-state index is 11.1. The second-order valence-electron chi connectivity index (χ2n) is 2.60. The Bertz CT molecular complexity index is 293. The minimum atomic E-state index is -0.681. The first-order chi connectivity index (χ1) is 6.15. The summed E-state index contributed by atoms with van der Waals surface area (Å²) < 4.78 is 4.73. The van der Waals surface area contributed by atoms with Crippen LogP contribution in [0.4, 0.5) is 0 Å². The molecule has 0 spiro atoms. The number of hydrogen-bond donors (Lipinski definition) is 2. The number of aromatic amines is 1. The number of carbonyl (C=O) groups excluding carboxylic acids is 1. The number of hydrogen-bond acceptors (Lipinski definition) is 4. The van der Waals surface area contributed by atoms with Gasteiger partial charge in [0.15, 0.2) is 0 Å². The van der Waals surface area contributed by atoms with E-state index in [1.54, 1.807) is 13.8 Å². The van der Waals surface area contributed by atoms with Crippen LogP contribution < -0.4 is 0 Å². The van der Waals surface area contributed by atoms with Gasteiger partial charge in [-0.25, -0.2) is 4.79 Å². The predicted molar refractivity (Wildman–Crippen MR) is 45.2 cm³/mol. The highest BCUT2D eigenvalue weighted by Gasteiger charge is 2.12. The number of esters is 1. The number of nitrogens with one attached hydrogen (secondary N) is 1. The van der Waals surface area contributed by atoms with Gasteiger partial charge in [0.25, 0.3) is 0 Å². The molecule has 13 heavy (non-hydrogen) atoms. The summed E-state index contributed by atoms with van der Waals surface area (Å²) in [5, 5.41) is 15.3. The van der Waals surface area contributed by atoms with Gasteiger partial charge in [-0.3, -0.25) is 5.10 Å². The van der Waals surface area contributed by atoms with Crippen LogP contribution >= 0.6 is 0 Å². The Kier molecular flexibility index (Phi) is 3.02. The van der Waals surface area contributed by atoms with E-state index in [1.807, 2.05) is 0 Å². The van der Waals surface area contributed by atoms with Gasteiger partial charge in [-0.15, -0.1) is 0 Å². The highest BCUT2D eigenvalue weighted by molar-refractivity contribution is 5.87. The quantitative estimate of drug-likeness (QED) is 0.676. The number of rotatable bonds is 3. The van der Waals surface area contributed by atoms with E-state index in [-0.39, 0.29) is 5.69 Å². The molecule has 5 nitrogen and oxygen atoms in total. The molecule has 0 fully saturated rings. The average Bonchev–Trinajstić information content (AvgIpc) is 2.52. The summed E-state index contributed by atoms with van der Waals surface area (Å²) in [7, 11) is 0. The normalized spacial score (nSPS) is 12.5. The number of H-pyrrole nitrogens is 1. The molecule has 0 bridgehead atoms. The molecule has 1 atom stereocenters. The molecule has 0 aliphatic rings. The topological polar surface area (TPSA) is 75.2 Å². The molecule has 1 aromatic rings. The van der Waals surface area contributed by atoms with Crippen LogP contribution in [0, 0.1) is 0 Å². The van der Waals surface area contributed by atoms with Crippen LogP contribution in [0.1, 0.15) is 36.1 Å². The van der Waals surface area contributed by atoms with Crippen LogP contribution in [-0.2, 0) is 4.74 Å². The lowest BCUT2D eigenvalue weighted by Crippen LogP contribution is -2.04. The van der Waals surface area contributed by atoms with Gasteiger partial charge in [0.2, 0.25) is 0 Å². The molecule has 2 N–H and O–H groups in total. The van der Waals surface area contributed by atoms with E-state index in [1.165, 1.54) is 6.07 Å². The SMILES string of the molecule is CCOC(=O)c1cc(C(C)O)n[nH]1. The molecule has 0 saturated carbocycles. The van der Waals surface area contributed by atoms with Crippen molar-refractivity contribution in [2.45, 2.75) is 20.0 Å².